The Kier molecular flexibility index (Phi) is 3.49. The van der Waals surface area contributed by atoms with Crippen LogP contribution in [0.25, 0.3) is 0 Å². The standard InChI is InChI=1S/C18H23N5O2/c1-5-21-16(24)14-15(20(4)18(21)25)19-17-22(9-10-23(14)17)13-8-6-7-11(2)12(13)3/h6-8,14-15H,5,9-10H2,1-4H3. The molecule has 3 heterocycles. The highest BCUT2D eigenvalue weighted by Gasteiger charge is 2.54. The van der Waals surface area contributed by atoms with Crippen LogP contribution in [0.1, 0.15) is 18.1 Å². The summed E-state index contributed by atoms with van der Waals surface area (Å²) in [6.45, 7) is 7.94. The zero-order chi connectivity index (χ0) is 17.9. The van der Waals surface area contributed by atoms with Gasteiger partial charge in [0.15, 0.2) is 12.2 Å². The first-order valence-electron chi connectivity index (χ1n) is 8.72. The van der Waals surface area contributed by atoms with E-state index < -0.39 is 12.2 Å². The molecule has 2 saturated heterocycles. The van der Waals surface area contributed by atoms with Gasteiger partial charge in [-0.3, -0.25) is 9.69 Å². The highest BCUT2D eigenvalue weighted by Crippen LogP contribution is 2.34. The Morgan fingerprint density at radius 2 is 1.96 bits per heavy atom. The highest BCUT2D eigenvalue weighted by atomic mass is 16.2. The van der Waals surface area contributed by atoms with Crippen molar-refractivity contribution in [1.29, 1.82) is 0 Å². The smallest absolute Gasteiger partial charge is 0.325 e. The number of hydrogen-bond donors (Lipinski definition) is 0. The first-order valence-corrected chi connectivity index (χ1v) is 8.72. The lowest BCUT2D eigenvalue weighted by molar-refractivity contribution is -0.137. The first kappa shape index (κ1) is 15.9. The number of carbonyl (C=O) groups excluding carboxylic acids is 2. The van der Waals surface area contributed by atoms with Gasteiger partial charge in [0.05, 0.1) is 0 Å². The van der Waals surface area contributed by atoms with Crippen LogP contribution in [0.3, 0.4) is 0 Å². The number of amides is 3. The quantitative estimate of drug-likeness (QED) is 0.816. The molecule has 2 atom stereocenters. The summed E-state index contributed by atoms with van der Waals surface area (Å²) in [6, 6.07) is 5.55. The minimum atomic E-state index is -0.439. The predicted molar refractivity (Wildman–Crippen MR) is 95.5 cm³/mol. The molecule has 2 fully saturated rings. The van der Waals surface area contributed by atoms with Gasteiger partial charge in [-0.1, -0.05) is 12.1 Å². The maximum Gasteiger partial charge on any atom is 0.328 e. The van der Waals surface area contributed by atoms with Crippen LogP contribution in [-0.2, 0) is 4.79 Å². The minimum absolute atomic E-state index is 0.142. The summed E-state index contributed by atoms with van der Waals surface area (Å²) < 4.78 is 0. The average Bonchev–Trinajstić information content (AvgIpc) is 3.15. The lowest BCUT2D eigenvalue weighted by atomic mass is 10.1. The topological polar surface area (TPSA) is 59.5 Å². The molecule has 4 rings (SSSR count). The summed E-state index contributed by atoms with van der Waals surface area (Å²) in [6.07, 6.45) is -0.439. The van der Waals surface area contributed by atoms with Crippen molar-refractivity contribution in [3.05, 3.63) is 29.3 Å². The number of carbonyl (C=O) groups is 2. The molecular weight excluding hydrogens is 318 g/mol. The van der Waals surface area contributed by atoms with Crippen LogP contribution in [0, 0.1) is 13.8 Å². The number of benzene rings is 1. The van der Waals surface area contributed by atoms with Gasteiger partial charge >= 0.3 is 6.03 Å². The fourth-order valence-electron chi connectivity index (χ4n) is 3.98. The molecule has 1 aromatic rings. The number of fused-ring (bicyclic) bond motifs is 3. The lowest BCUT2D eigenvalue weighted by Crippen LogP contribution is -2.64. The van der Waals surface area contributed by atoms with Crippen molar-refractivity contribution in [2.75, 3.05) is 31.6 Å². The van der Waals surface area contributed by atoms with Gasteiger partial charge in [0.1, 0.15) is 0 Å². The van der Waals surface area contributed by atoms with E-state index in [1.54, 1.807) is 11.9 Å². The molecule has 7 heteroatoms. The number of likely N-dealkylation sites (N-methyl/N-ethyl adjacent to an activating group) is 2. The van der Waals surface area contributed by atoms with Crippen molar-refractivity contribution in [1.82, 2.24) is 14.7 Å². The normalized spacial score (nSPS) is 25.5. The fourth-order valence-corrected chi connectivity index (χ4v) is 3.98. The number of guanidine groups is 1. The summed E-state index contributed by atoms with van der Waals surface area (Å²) in [7, 11) is 1.73. The van der Waals surface area contributed by atoms with Gasteiger partial charge in [-0.2, -0.15) is 0 Å². The number of nitrogens with zero attached hydrogens (tertiary/aromatic N) is 5. The van der Waals surface area contributed by atoms with E-state index in [2.05, 4.69) is 35.8 Å². The second kappa shape index (κ2) is 5.47. The van der Waals surface area contributed by atoms with E-state index in [-0.39, 0.29) is 11.9 Å². The molecule has 0 aliphatic carbocycles. The Balaban J connectivity index is 1.73. The summed E-state index contributed by atoms with van der Waals surface area (Å²) in [5.74, 6) is 0.659. The van der Waals surface area contributed by atoms with E-state index in [0.29, 0.717) is 6.54 Å². The number of hydrogen-bond acceptors (Lipinski definition) is 5. The zero-order valence-corrected chi connectivity index (χ0v) is 15.1. The second-order valence-corrected chi connectivity index (χ2v) is 6.83. The number of rotatable bonds is 2. The molecule has 3 aliphatic heterocycles. The molecule has 1 aromatic carbocycles. The SMILES string of the molecule is CCN1C(=O)C2C(N=C3N(c4cccc(C)c4C)CCN32)N(C)C1=O. The zero-order valence-electron chi connectivity index (χ0n) is 15.1. The van der Waals surface area contributed by atoms with Crippen molar-refractivity contribution >= 4 is 23.6 Å². The van der Waals surface area contributed by atoms with Crippen molar-refractivity contribution in [3.8, 4) is 0 Å². The third kappa shape index (κ3) is 2.08. The van der Waals surface area contributed by atoms with Gasteiger partial charge in [-0.15, -0.1) is 0 Å². The maximum atomic E-state index is 12.8. The Hall–Kier alpha value is -2.57. The number of imide groups is 1. The molecule has 0 spiro atoms. The van der Waals surface area contributed by atoms with Gasteiger partial charge < -0.3 is 14.7 Å². The summed E-state index contributed by atoms with van der Waals surface area (Å²) >= 11 is 0. The summed E-state index contributed by atoms with van der Waals surface area (Å²) in [4.78, 5) is 37.2. The maximum absolute atomic E-state index is 12.8. The molecule has 3 aliphatic rings. The van der Waals surface area contributed by atoms with Gasteiger partial charge in [-0.25, -0.2) is 9.79 Å². The van der Waals surface area contributed by atoms with Crippen molar-refractivity contribution < 1.29 is 9.59 Å². The summed E-state index contributed by atoms with van der Waals surface area (Å²) in [5, 5.41) is 0. The Labute approximate surface area is 147 Å². The lowest BCUT2D eigenvalue weighted by Gasteiger charge is -2.40. The molecule has 0 saturated carbocycles. The number of aryl methyl sites for hydroxylation is 1. The van der Waals surface area contributed by atoms with Gasteiger partial charge in [0.2, 0.25) is 5.96 Å². The van der Waals surface area contributed by atoms with Crippen LogP contribution in [0.5, 0.6) is 0 Å². The number of anilines is 1. The van der Waals surface area contributed by atoms with Crippen LogP contribution < -0.4 is 4.90 Å². The van der Waals surface area contributed by atoms with Crippen LogP contribution in [0.15, 0.2) is 23.2 Å². The monoisotopic (exact) mass is 341 g/mol. The molecule has 132 valence electrons. The van der Waals surface area contributed by atoms with E-state index in [9.17, 15) is 9.59 Å². The van der Waals surface area contributed by atoms with Crippen molar-refractivity contribution in [3.63, 3.8) is 0 Å². The molecule has 0 aromatic heterocycles. The van der Waals surface area contributed by atoms with Crippen LogP contribution in [0.2, 0.25) is 0 Å². The fraction of sp³-hybridized carbons (Fsp3) is 0.500. The molecule has 0 radical (unpaired) electrons. The first-order chi connectivity index (χ1) is 12.0. The Morgan fingerprint density at radius 3 is 2.68 bits per heavy atom. The average molecular weight is 341 g/mol. The van der Waals surface area contributed by atoms with E-state index in [1.807, 2.05) is 13.0 Å². The molecule has 0 N–H and O–H groups in total. The predicted octanol–water partition coefficient (Wildman–Crippen LogP) is 1.40. The van der Waals surface area contributed by atoms with E-state index in [0.717, 1.165) is 24.7 Å². The third-order valence-electron chi connectivity index (χ3n) is 5.56. The van der Waals surface area contributed by atoms with Crippen molar-refractivity contribution in [2.45, 2.75) is 33.0 Å². The van der Waals surface area contributed by atoms with Crippen LogP contribution in [0.4, 0.5) is 10.5 Å². The molecule has 2 unspecified atom stereocenters. The minimum Gasteiger partial charge on any atom is -0.325 e. The summed E-state index contributed by atoms with van der Waals surface area (Å²) in [5.41, 5.74) is 3.56. The molecule has 25 heavy (non-hydrogen) atoms. The van der Waals surface area contributed by atoms with Gasteiger partial charge in [0.25, 0.3) is 5.91 Å². The van der Waals surface area contributed by atoms with Gasteiger partial charge in [-0.05, 0) is 38.0 Å². The largest absolute Gasteiger partial charge is 0.328 e. The number of urea groups is 1. The van der Waals surface area contributed by atoms with E-state index >= 15 is 0 Å². The third-order valence-corrected chi connectivity index (χ3v) is 5.56. The van der Waals surface area contributed by atoms with Crippen molar-refractivity contribution in [2.24, 2.45) is 4.99 Å². The van der Waals surface area contributed by atoms with Gasteiger partial charge in [0, 0.05) is 32.4 Å². The molecule has 7 nitrogen and oxygen atoms in total. The number of aliphatic imine (C=N–C) groups is 1. The Bertz CT molecular complexity index is 790. The Morgan fingerprint density at radius 1 is 1.20 bits per heavy atom. The molecule has 0 bridgehead atoms. The molecule has 3 amide bonds. The van der Waals surface area contributed by atoms with Crippen LogP contribution in [-0.4, -0.2) is 71.5 Å². The molecular formula is C18H23N5O2. The second-order valence-electron chi connectivity index (χ2n) is 6.83. The van der Waals surface area contributed by atoms with E-state index in [1.165, 1.54) is 16.0 Å². The highest BCUT2D eigenvalue weighted by molar-refractivity contribution is 6.08. The van der Waals surface area contributed by atoms with Crippen LogP contribution >= 0.6 is 0 Å². The van der Waals surface area contributed by atoms with E-state index in [4.69, 9.17) is 4.99 Å².